The minimum Gasteiger partial charge on any atom is -0.360 e. The van der Waals surface area contributed by atoms with Gasteiger partial charge in [-0.15, -0.1) is 0 Å². The third kappa shape index (κ3) is 3.11. The summed E-state index contributed by atoms with van der Waals surface area (Å²) in [6, 6.07) is 10.1. The summed E-state index contributed by atoms with van der Waals surface area (Å²) in [5.41, 5.74) is 3.18. The van der Waals surface area contributed by atoms with E-state index < -0.39 is 0 Å². The second-order valence-electron chi connectivity index (χ2n) is 6.10. The minimum atomic E-state index is 0.192. The molecule has 0 fully saturated rings. The third-order valence-corrected chi connectivity index (χ3v) is 4.56. The summed E-state index contributed by atoms with van der Waals surface area (Å²) in [7, 11) is 2.04. The molecule has 5 nitrogen and oxygen atoms in total. The van der Waals surface area contributed by atoms with Crippen LogP contribution in [0.5, 0.6) is 0 Å². The molecule has 2 heterocycles. The highest BCUT2D eigenvalue weighted by Gasteiger charge is 2.26. The number of fused-ring (bicyclic) bond motifs is 1. The lowest BCUT2D eigenvalue weighted by Gasteiger charge is -2.31. The molecule has 0 bridgehead atoms. The van der Waals surface area contributed by atoms with Crippen LogP contribution in [0.2, 0.25) is 0 Å². The maximum Gasteiger partial charge on any atom is 0.222 e. The first-order valence-electron chi connectivity index (χ1n) is 8.58. The zero-order valence-electron chi connectivity index (χ0n) is 14.6. The zero-order valence-corrected chi connectivity index (χ0v) is 14.6. The monoisotopic (exact) mass is 324 g/mol. The van der Waals surface area contributed by atoms with Crippen molar-refractivity contribution in [3.05, 3.63) is 41.6 Å². The van der Waals surface area contributed by atoms with E-state index in [1.807, 2.05) is 49.2 Å². The highest BCUT2D eigenvalue weighted by Crippen LogP contribution is 2.29. The van der Waals surface area contributed by atoms with Crippen molar-refractivity contribution in [1.82, 2.24) is 14.9 Å². The van der Waals surface area contributed by atoms with E-state index in [0.717, 1.165) is 48.0 Å². The largest absolute Gasteiger partial charge is 0.360 e. The first kappa shape index (κ1) is 16.4. The average molecular weight is 324 g/mol. The van der Waals surface area contributed by atoms with Crippen LogP contribution in [0.1, 0.15) is 31.5 Å². The highest BCUT2D eigenvalue weighted by atomic mass is 16.2. The van der Waals surface area contributed by atoms with E-state index in [1.165, 1.54) is 0 Å². The van der Waals surface area contributed by atoms with Gasteiger partial charge in [0.25, 0.3) is 0 Å². The Hall–Kier alpha value is -2.43. The summed E-state index contributed by atoms with van der Waals surface area (Å²) in [4.78, 5) is 25.8. The van der Waals surface area contributed by atoms with Gasteiger partial charge >= 0.3 is 0 Å². The summed E-state index contributed by atoms with van der Waals surface area (Å²) in [5, 5.41) is 0. The summed E-state index contributed by atoms with van der Waals surface area (Å²) in [5.74, 6) is 1.90. The predicted molar refractivity (Wildman–Crippen MR) is 95.8 cm³/mol. The first-order valence-corrected chi connectivity index (χ1v) is 8.58. The Morgan fingerprint density at radius 1 is 1.21 bits per heavy atom. The summed E-state index contributed by atoms with van der Waals surface area (Å²) < 4.78 is 0. The molecule has 0 radical (unpaired) electrons. The van der Waals surface area contributed by atoms with Crippen molar-refractivity contribution in [3.63, 3.8) is 0 Å². The standard InChI is InChI=1S/C19H24N4O/c1-4-17(24)23-12-11-16-15(13-23)19(22(3)5-2)21-18(20-16)14-9-7-6-8-10-14/h6-10H,4-5,11-13H2,1-3H3. The molecule has 3 rings (SSSR count). The van der Waals surface area contributed by atoms with Gasteiger partial charge in [0, 0.05) is 44.1 Å². The number of benzene rings is 1. The zero-order chi connectivity index (χ0) is 17.1. The lowest BCUT2D eigenvalue weighted by atomic mass is 10.0. The summed E-state index contributed by atoms with van der Waals surface area (Å²) in [6.45, 7) is 6.22. The van der Waals surface area contributed by atoms with Gasteiger partial charge in [0.2, 0.25) is 5.91 Å². The van der Waals surface area contributed by atoms with Crippen LogP contribution in [0.15, 0.2) is 30.3 Å². The number of anilines is 1. The number of carbonyl (C=O) groups excluding carboxylic acids is 1. The second kappa shape index (κ2) is 6.99. The molecule has 1 aliphatic rings. The molecule has 0 saturated heterocycles. The second-order valence-corrected chi connectivity index (χ2v) is 6.10. The number of carbonyl (C=O) groups is 1. The Labute approximate surface area is 143 Å². The van der Waals surface area contributed by atoms with E-state index in [1.54, 1.807) is 0 Å². The molecule has 1 aromatic carbocycles. The van der Waals surface area contributed by atoms with Gasteiger partial charge in [-0.3, -0.25) is 4.79 Å². The molecule has 0 aliphatic carbocycles. The molecular weight excluding hydrogens is 300 g/mol. The lowest BCUT2D eigenvalue weighted by molar-refractivity contribution is -0.131. The van der Waals surface area contributed by atoms with Gasteiger partial charge in [-0.2, -0.15) is 0 Å². The topological polar surface area (TPSA) is 49.3 Å². The van der Waals surface area contributed by atoms with Gasteiger partial charge in [-0.05, 0) is 6.92 Å². The summed E-state index contributed by atoms with van der Waals surface area (Å²) in [6.07, 6.45) is 1.32. The smallest absolute Gasteiger partial charge is 0.222 e. The molecule has 1 aromatic heterocycles. The van der Waals surface area contributed by atoms with Crippen molar-refractivity contribution < 1.29 is 4.79 Å². The van der Waals surface area contributed by atoms with Gasteiger partial charge < -0.3 is 9.80 Å². The van der Waals surface area contributed by atoms with Crippen molar-refractivity contribution in [1.29, 1.82) is 0 Å². The fraction of sp³-hybridized carbons (Fsp3) is 0.421. The molecule has 0 atom stereocenters. The van der Waals surface area contributed by atoms with Gasteiger partial charge in [0.15, 0.2) is 5.82 Å². The molecule has 24 heavy (non-hydrogen) atoms. The van der Waals surface area contributed by atoms with Crippen LogP contribution in [0.25, 0.3) is 11.4 Å². The Bertz CT molecular complexity index is 730. The third-order valence-electron chi connectivity index (χ3n) is 4.56. The molecule has 126 valence electrons. The van der Waals surface area contributed by atoms with Crippen LogP contribution in [-0.4, -0.2) is 40.9 Å². The van der Waals surface area contributed by atoms with Gasteiger partial charge in [-0.25, -0.2) is 9.97 Å². The van der Waals surface area contributed by atoms with Crippen LogP contribution >= 0.6 is 0 Å². The van der Waals surface area contributed by atoms with Crippen molar-refractivity contribution in [2.75, 3.05) is 25.0 Å². The fourth-order valence-corrected chi connectivity index (χ4v) is 3.02. The number of rotatable bonds is 4. The van der Waals surface area contributed by atoms with Gasteiger partial charge in [0.05, 0.1) is 12.2 Å². The Balaban J connectivity index is 2.06. The van der Waals surface area contributed by atoms with E-state index in [9.17, 15) is 4.79 Å². The van der Waals surface area contributed by atoms with Crippen molar-refractivity contribution in [3.8, 4) is 11.4 Å². The molecule has 0 spiro atoms. The van der Waals surface area contributed by atoms with Gasteiger partial charge in [0.1, 0.15) is 5.82 Å². The average Bonchev–Trinajstić information content (AvgIpc) is 2.66. The normalized spacial score (nSPS) is 13.5. The minimum absolute atomic E-state index is 0.192. The van der Waals surface area contributed by atoms with E-state index in [0.29, 0.717) is 13.0 Å². The molecule has 0 N–H and O–H groups in total. The van der Waals surface area contributed by atoms with Crippen LogP contribution in [0, 0.1) is 0 Å². The van der Waals surface area contributed by atoms with E-state index >= 15 is 0 Å². The van der Waals surface area contributed by atoms with Crippen molar-refractivity contribution in [2.45, 2.75) is 33.2 Å². The number of hydrogen-bond donors (Lipinski definition) is 0. The van der Waals surface area contributed by atoms with Crippen molar-refractivity contribution in [2.24, 2.45) is 0 Å². The number of hydrogen-bond acceptors (Lipinski definition) is 4. The molecule has 5 heteroatoms. The molecule has 1 aliphatic heterocycles. The van der Waals surface area contributed by atoms with Gasteiger partial charge in [-0.1, -0.05) is 37.3 Å². The first-order chi connectivity index (χ1) is 11.6. The van der Waals surface area contributed by atoms with E-state index in [-0.39, 0.29) is 5.91 Å². The maximum absolute atomic E-state index is 12.1. The molecule has 0 unspecified atom stereocenters. The number of nitrogens with zero attached hydrogens (tertiary/aromatic N) is 4. The fourth-order valence-electron chi connectivity index (χ4n) is 3.02. The SMILES string of the molecule is CCC(=O)N1CCc2nc(-c3ccccc3)nc(N(C)CC)c2C1. The van der Waals surface area contributed by atoms with Crippen LogP contribution in [0.4, 0.5) is 5.82 Å². The Morgan fingerprint density at radius 3 is 2.62 bits per heavy atom. The Kier molecular flexibility index (Phi) is 4.79. The van der Waals surface area contributed by atoms with Crippen molar-refractivity contribution >= 4 is 11.7 Å². The molecular formula is C19H24N4O. The van der Waals surface area contributed by atoms with Crippen LogP contribution < -0.4 is 4.90 Å². The molecule has 2 aromatic rings. The number of amides is 1. The van der Waals surface area contributed by atoms with Crippen LogP contribution in [-0.2, 0) is 17.8 Å². The van der Waals surface area contributed by atoms with E-state index in [4.69, 9.17) is 9.97 Å². The Morgan fingerprint density at radius 2 is 1.96 bits per heavy atom. The molecule has 1 amide bonds. The quantitative estimate of drug-likeness (QED) is 0.868. The van der Waals surface area contributed by atoms with E-state index in [2.05, 4.69) is 11.8 Å². The summed E-state index contributed by atoms with van der Waals surface area (Å²) >= 11 is 0. The lowest BCUT2D eigenvalue weighted by Crippen LogP contribution is -2.37. The predicted octanol–water partition coefficient (Wildman–Crippen LogP) is 2.89. The highest BCUT2D eigenvalue weighted by molar-refractivity contribution is 5.76. The molecule has 0 saturated carbocycles. The van der Waals surface area contributed by atoms with Crippen LogP contribution in [0.3, 0.4) is 0 Å². The maximum atomic E-state index is 12.1. The number of aromatic nitrogens is 2.